The van der Waals surface area contributed by atoms with Gasteiger partial charge in [0.05, 0.1) is 0 Å². The third kappa shape index (κ3) is 39.8. The molecule has 60 valence electrons. The normalized spacial score (nSPS) is 5.50. The molecule has 8 heteroatoms. The predicted octanol–water partition coefficient (Wildman–Crippen LogP) is -5.92. The summed E-state index contributed by atoms with van der Waals surface area (Å²) < 4.78 is 0.843. The van der Waals surface area contributed by atoms with Crippen molar-refractivity contribution in [3.63, 3.8) is 0 Å². The smallest absolute Gasteiger partial charge is 0.412 e. The monoisotopic (exact) mass is 258 g/mol. The van der Waals surface area contributed by atoms with Gasteiger partial charge in [0.2, 0.25) is 0 Å². The van der Waals surface area contributed by atoms with Crippen LogP contribution in [0, 0.1) is 0 Å². The van der Waals surface area contributed by atoms with E-state index in [4.69, 9.17) is 0 Å². The van der Waals surface area contributed by atoms with Crippen LogP contribution >= 0.6 is 24.4 Å². The fraction of sp³-hybridized carbons (Fsp3) is 0.500. The summed E-state index contributed by atoms with van der Waals surface area (Å²) in [5.41, 5.74) is 0. The van der Waals surface area contributed by atoms with Crippen LogP contribution in [0.2, 0.25) is 0 Å². The van der Waals surface area contributed by atoms with Crippen LogP contribution < -0.4 is 69.7 Å². The van der Waals surface area contributed by atoms with E-state index in [1.54, 1.807) is 14.1 Å². The van der Waals surface area contributed by atoms with Crippen LogP contribution in [0.1, 0.15) is 0 Å². The molecule has 0 radical (unpaired) electrons. The first kappa shape index (κ1) is 23.8. The topological polar surface area (TPSA) is 24.1 Å². The van der Waals surface area contributed by atoms with E-state index >= 15 is 0 Å². The van der Waals surface area contributed by atoms with Gasteiger partial charge in [-0.1, -0.05) is 8.64 Å². The van der Waals surface area contributed by atoms with Crippen molar-refractivity contribution < 1.29 is 59.1 Å². The third-order valence-corrected chi connectivity index (χ3v) is 1.22. The number of thiocarbonyl (C=S) groups is 2. The predicted molar refractivity (Wildman–Crippen MR) is 58.0 cm³/mol. The minimum Gasteiger partial charge on any atom is -0.412 e. The summed E-state index contributed by atoms with van der Waals surface area (Å²) in [6.45, 7) is 0. The van der Waals surface area contributed by atoms with Crippen molar-refractivity contribution in [2.45, 2.75) is 0 Å². The molecule has 0 spiro atoms. The van der Waals surface area contributed by atoms with Crippen LogP contribution in [0.25, 0.3) is 0 Å². The molecule has 0 aliphatic carbocycles. The molecule has 0 rings (SSSR count). The van der Waals surface area contributed by atoms with Crippen molar-refractivity contribution >= 4 is 58.3 Å². The SMILES string of the molecule is CNC(=S)[S-].CNC(=S)[S-].[Na+].[Na+]. The second kappa shape index (κ2) is 18.9. The van der Waals surface area contributed by atoms with Gasteiger partial charge in [0.25, 0.3) is 0 Å². The molecular weight excluding hydrogens is 250 g/mol. The van der Waals surface area contributed by atoms with Crippen molar-refractivity contribution in [2.75, 3.05) is 14.1 Å². The first-order valence-corrected chi connectivity index (χ1v) is 3.95. The summed E-state index contributed by atoms with van der Waals surface area (Å²) in [6, 6.07) is 0. The van der Waals surface area contributed by atoms with Crippen molar-refractivity contribution in [1.82, 2.24) is 10.6 Å². The van der Waals surface area contributed by atoms with E-state index in [-0.39, 0.29) is 59.1 Å². The zero-order chi connectivity index (χ0) is 8.57. The Hall–Kier alpha value is 2.22. The zero-order valence-corrected chi connectivity index (χ0v) is 14.9. The summed E-state index contributed by atoms with van der Waals surface area (Å²) in [5.74, 6) is 0. The maximum absolute atomic E-state index is 4.40. The molecule has 2 nitrogen and oxygen atoms in total. The second-order valence-corrected chi connectivity index (χ2v) is 3.22. The first-order chi connectivity index (χ1) is 4.54. The third-order valence-electron chi connectivity index (χ3n) is 0.408. The Morgan fingerprint density at radius 1 is 0.917 bits per heavy atom. The quantitative estimate of drug-likeness (QED) is 0.255. The van der Waals surface area contributed by atoms with Gasteiger partial charge in [0.1, 0.15) is 0 Å². The summed E-state index contributed by atoms with van der Waals surface area (Å²) in [4.78, 5) is 0. The maximum atomic E-state index is 4.40. The minimum atomic E-state index is 0. The van der Waals surface area contributed by atoms with Crippen LogP contribution in [-0.4, -0.2) is 22.7 Å². The molecule has 0 aromatic heterocycles. The molecule has 0 atom stereocenters. The van der Waals surface area contributed by atoms with Gasteiger partial charge < -0.3 is 60.3 Å². The Labute approximate surface area is 140 Å². The van der Waals surface area contributed by atoms with E-state index < -0.39 is 0 Å². The molecule has 0 saturated carbocycles. The molecule has 12 heavy (non-hydrogen) atoms. The minimum absolute atomic E-state index is 0. The average molecular weight is 258 g/mol. The Bertz CT molecular complexity index is 108. The Balaban J connectivity index is -0.0000000457. The van der Waals surface area contributed by atoms with Gasteiger partial charge in [-0.15, -0.1) is 0 Å². The molecule has 0 heterocycles. The van der Waals surface area contributed by atoms with Crippen LogP contribution in [-0.2, 0) is 25.3 Å². The average Bonchev–Trinajstić information content (AvgIpc) is 1.89. The van der Waals surface area contributed by atoms with Gasteiger partial charge in [0, 0.05) is 14.1 Å². The number of rotatable bonds is 0. The summed E-state index contributed by atoms with van der Waals surface area (Å²) in [5, 5.41) is 5.15. The van der Waals surface area contributed by atoms with Gasteiger partial charge in [-0.25, -0.2) is 0 Å². The van der Waals surface area contributed by atoms with E-state index in [2.05, 4.69) is 60.3 Å². The van der Waals surface area contributed by atoms with Gasteiger partial charge in [0.15, 0.2) is 0 Å². The Morgan fingerprint density at radius 3 is 1.00 bits per heavy atom. The van der Waals surface area contributed by atoms with E-state index in [1.807, 2.05) is 0 Å². The molecule has 2 N–H and O–H groups in total. The van der Waals surface area contributed by atoms with Crippen LogP contribution in [0.15, 0.2) is 0 Å². The molecule has 0 fully saturated rings. The molecule has 0 aromatic rings. The fourth-order valence-electron chi connectivity index (χ4n) is 0. The standard InChI is InChI=1S/2C2H5NS2.2Na/c2*1-3-2(4)5;;/h2*1H3,(H2,3,4,5);;/q;;2*+1/p-2. The molecule has 0 unspecified atom stereocenters. The van der Waals surface area contributed by atoms with Crippen LogP contribution in [0.5, 0.6) is 0 Å². The number of hydrogen-bond donors (Lipinski definition) is 2. The number of nitrogens with one attached hydrogen (secondary N) is 2. The van der Waals surface area contributed by atoms with Crippen molar-refractivity contribution in [2.24, 2.45) is 0 Å². The summed E-state index contributed by atoms with van der Waals surface area (Å²) >= 11 is 17.6. The van der Waals surface area contributed by atoms with E-state index in [1.165, 1.54) is 0 Å². The van der Waals surface area contributed by atoms with Gasteiger partial charge >= 0.3 is 59.1 Å². The molecule has 0 aliphatic rings. The van der Waals surface area contributed by atoms with Crippen LogP contribution in [0.4, 0.5) is 0 Å². The summed E-state index contributed by atoms with van der Waals surface area (Å²) in [6.07, 6.45) is 0. The fourth-order valence-corrected chi connectivity index (χ4v) is 0. The second-order valence-electron chi connectivity index (χ2n) is 1.07. The van der Waals surface area contributed by atoms with Crippen molar-refractivity contribution in [1.29, 1.82) is 0 Å². The zero-order valence-electron chi connectivity index (χ0n) is 7.63. The van der Waals surface area contributed by atoms with Gasteiger partial charge in [-0.3, -0.25) is 0 Å². The van der Waals surface area contributed by atoms with E-state index in [0.717, 1.165) is 0 Å². The largest absolute Gasteiger partial charge is 1.00 e. The Kier molecular flexibility index (Phi) is 37.5. The van der Waals surface area contributed by atoms with Crippen molar-refractivity contribution in [3.05, 3.63) is 0 Å². The first-order valence-electron chi connectivity index (χ1n) is 2.32. The Morgan fingerprint density at radius 2 is 1.00 bits per heavy atom. The molecular formula is C4H8N2Na2S4. The summed E-state index contributed by atoms with van der Waals surface area (Å²) in [7, 11) is 3.41. The molecule has 0 amide bonds. The molecule has 0 aromatic carbocycles. The van der Waals surface area contributed by atoms with Crippen molar-refractivity contribution in [3.8, 4) is 0 Å². The van der Waals surface area contributed by atoms with Gasteiger partial charge in [-0.05, 0) is 0 Å². The van der Waals surface area contributed by atoms with E-state index in [9.17, 15) is 0 Å². The van der Waals surface area contributed by atoms with E-state index in [0.29, 0.717) is 8.64 Å². The molecule has 0 saturated heterocycles. The molecule has 0 aliphatic heterocycles. The number of hydrogen-bond acceptors (Lipinski definition) is 4. The molecule has 0 bridgehead atoms. The van der Waals surface area contributed by atoms with Gasteiger partial charge in [-0.2, -0.15) is 0 Å². The van der Waals surface area contributed by atoms with Crippen LogP contribution in [0.3, 0.4) is 0 Å². The maximum Gasteiger partial charge on any atom is 1.00 e.